The maximum absolute atomic E-state index is 10.2. The van der Waals surface area contributed by atoms with Crippen molar-refractivity contribution in [2.24, 2.45) is 0 Å². The number of allylic oxidation sites excluding steroid dienone is 1. The fraction of sp³-hybridized carbons (Fsp3) is 0.867. The van der Waals surface area contributed by atoms with Crippen LogP contribution < -0.4 is 0 Å². The molecule has 0 spiro atoms. The smallest absolute Gasteiger partial charge is 0.0834 e. The zero-order valence-electron chi connectivity index (χ0n) is 11.4. The molecule has 0 amide bonds. The maximum atomic E-state index is 10.2. The Hall–Kier alpha value is -0.380. The Kier molecular flexibility index (Phi) is 4.02. The second-order valence-electron chi connectivity index (χ2n) is 6.18. The van der Waals surface area contributed by atoms with Gasteiger partial charge in [0.05, 0.1) is 6.10 Å². The van der Waals surface area contributed by atoms with Gasteiger partial charge in [-0.2, -0.15) is 0 Å². The van der Waals surface area contributed by atoms with E-state index in [4.69, 9.17) is 0 Å². The van der Waals surface area contributed by atoms with Crippen molar-refractivity contribution in [1.82, 2.24) is 9.80 Å². The van der Waals surface area contributed by atoms with Crippen LogP contribution in [-0.2, 0) is 0 Å². The van der Waals surface area contributed by atoms with Crippen molar-refractivity contribution in [1.29, 1.82) is 0 Å². The standard InChI is InChI=1S/C15H26N2O/c18-15-12-16(10-13-6-2-1-3-7-13)11-14(15)17-8-4-5-9-17/h6,14-15,18H,1-5,7-12H2/t14-,15-/m0/s1. The van der Waals surface area contributed by atoms with Crippen LogP contribution in [0.25, 0.3) is 0 Å². The summed E-state index contributed by atoms with van der Waals surface area (Å²) in [5.41, 5.74) is 1.61. The molecular weight excluding hydrogens is 224 g/mol. The molecular formula is C15H26N2O. The van der Waals surface area contributed by atoms with Gasteiger partial charge in [-0.1, -0.05) is 11.6 Å². The highest BCUT2D eigenvalue weighted by Gasteiger charge is 2.36. The molecule has 3 heteroatoms. The van der Waals surface area contributed by atoms with Crippen LogP contribution in [0, 0.1) is 0 Å². The van der Waals surface area contributed by atoms with Gasteiger partial charge in [0.25, 0.3) is 0 Å². The molecule has 102 valence electrons. The number of hydrogen-bond acceptors (Lipinski definition) is 3. The lowest BCUT2D eigenvalue weighted by Crippen LogP contribution is -2.41. The number of β-amino-alcohol motifs (C(OH)–C–C–N with tert-alkyl or cyclic N) is 1. The van der Waals surface area contributed by atoms with E-state index in [1.807, 2.05) is 0 Å². The highest BCUT2D eigenvalue weighted by atomic mass is 16.3. The first-order chi connectivity index (χ1) is 8.83. The summed E-state index contributed by atoms with van der Waals surface area (Å²) in [6.45, 7) is 5.43. The monoisotopic (exact) mass is 250 g/mol. The van der Waals surface area contributed by atoms with Crippen LogP contribution in [0.3, 0.4) is 0 Å². The molecule has 3 aliphatic rings. The van der Waals surface area contributed by atoms with Gasteiger partial charge in [0.1, 0.15) is 0 Å². The molecule has 0 radical (unpaired) electrons. The van der Waals surface area contributed by atoms with Gasteiger partial charge in [-0.05, 0) is 51.6 Å². The van der Waals surface area contributed by atoms with E-state index < -0.39 is 0 Å². The number of aliphatic hydroxyl groups is 1. The summed E-state index contributed by atoms with van der Waals surface area (Å²) in [7, 11) is 0. The van der Waals surface area contributed by atoms with E-state index in [0.717, 1.165) is 19.6 Å². The first-order valence-corrected chi connectivity index (χ1v) is 7.65. The van der Waals surface area contributed by atoms with Gasteiger partial charge in [-0.15, -0.1) is 0 Å². The molecule has 3 rings (SSSR count). The number of aliphatic hydroxyl groups excluding tert-OH is 1. The lowest BCUT2D eigenvalue weighted by molar-refractivity contribution is 0.0979. The Bertz CT molecular complexity index is 310. The molecule has 0 bridgehead atoms. The summed E-state index contributed by atoms with van der Waals surface area (Å²) >= 11 is 0. The zero-order chi connectivity index (χ0) is 12.4. The van der Waals surface area contributed by atoms with E-state index >= 15 is 0 Å². The quantitative estimate of drug-likeness (QED) is 0.771. The van der Waals surface area contributed by atoms with Gasteiger partial charge in [0.15, 0.2) is 0 Å². The summed E-state index contributed by atoms with van der Waals surface area (Å²) in [6.07, 6.45) is 10.2. The summed E-state index contributed by atoms with van der Waals surface area (Å²) in [5.74, 6) is 0. The molecule has 1 aliphatic carbocycles. The summed E-state index contributed by atoms with van der Waals surface area (Å²) < 4.78 is 0. The summed E-state index contributed by atoms with van der Waals surface area (Å²) in [5, 5.41) is 10.2. The summed E-state index contributed by atoms with van der Waals surface area (Å²) in [6, 6.07) is 0.400. The lowest BCUT2D eigenvalue weighted by Gasteiger charge is -2.26. The maximum Gasteiger partial charge on any atom is 0.0834 e. The van der Waals surface area contributed by atoms with Gasteiger partial charge in [-0.3, -0.25) is 9.80 Å². The van der Waals surface area contributed by atoms with Crippen molar-refractivity contribution in [3.05, 3.63) is 11.6 Å². The largest absolute Gasteiger partial charge is 0.390 e. The van der Waals surface area contributed by atoms with Gasteiger partial charge >= 0.3 is 0 Å². The van der Waals surface area contributed by atoms with Crippen LogP contribution in [-0.4, -0.2) is 59.8 Å². The third-order valence-electron chi connectivity index (χ3n) is 4.76. The molecule has 1 N–H and O–H groups in total. The molecule has 0 aromatic heterocycles. The Morgan fingerprint density at radius 3 is 2.67 bits per heavy atom. The first-order valence-electron chi connectivity index (χ1n) is 7.65. The lowest BCUT2D eigenvalue weighted by atomic mass is 9.99. The molecule has 2 aliphatic heterocycles. The Balaban J connectivity index is 1.54. The molecule has 2 heterocycles. The zero-order valence-corrected chi connectivity index (χ0v) is 11.4. The van der Waals surface area contributed by atoms with Gasteiger partial charge in [-0.25, -0.2) is 0 Å². The van der Waals surface area contributed by atoms with Gasteiger partial charge in [0.2, 0.25) is 0 Å². The van der Waals surface area contributed by atoms with Crippen molar-refractivity contribution in [2.75, 3.05) is 32.7 Å². The van der Waals surface area contributed by atoms with E-state index in [0.29, 0.717) is 6.04 Å². The second-order valence-corrected chi connectivity index (χ2v) is 6.18. The molecule has 18 heavy (non-hydrogen) atoms. The number of hydrogen-bond donors (Lipinski definition) is 1. The minimum atomic E-state index is -0.132. The summed E-state index contributed by atoms with van der Waals surface area (Å²) in [4.78, 5) is 4.96. The topological polar surface area (TPSA) is 26.7 Å². The highest BCUT2D eigenvalue weighted by molar-refractivity contribution is 5.09. The normalized spacial score (nSPS) is 35.1. The van der Waals surface area contributed by atoms with Gasteiger partial charge in [0, 0.05) is 25.7 Å². The van der Waals surface area contributed by atoms with E-state index in [-0.39, 0.29) is 6.10 Å². The fourth-order valence-electron chi connectivity index (χ4n) is 3.74. The number of likely N-dealkylation sites (tertiary alicyclic amines) is 2. The molecule has 3 nitrogen and oxygen atoms in total. The van der Waals surface area contributed by atoms with Crippen LogP contribution in [0.15, 0.2) is 11.6 Å². The van der Waals surface area contributed by atoms with Crippen LogP contribution in [0.5, 0.6) is 0 Å². The minimum Gasteiger partial charge on any atom is -0.390 e. The fourth-order valence-corrected chi connectivity index (χ4v) is 3.74. The van der Waals surface area contributed by atoms with Crippen molar-refractivity contribution in [2.45, 2.75) is 50.7 Å². The van der Waals surface area contributed by atoms with Crippen molar-refractivity contribution >= 4 is 0 Å². The van der Waals surface area contributed by atoms with Crippen LogP contribution in [0.2, 0.25) is 0 Å². The SMILES string of the molecule is O[C@H]1CN(CC2=CCCCC2)C[C@@H]1N1CCCC1. The molecule has 0 saturated carbocycles. The Morgan fingerprint density at radius 2 is 1.94 bits per heavy atom. The van der Waals surface area contributed by atoms with E-state index in [2.05, 4.69) is 15.9 Å². The van der Waals surface area contributed by atoms with Crippen LogP contribution in [0.4, 0.5) is 0 Å². The van der Waals surface area contributed by atoms with Crippen molar-refractivity contribution < 1.29 is 5.11 Å². The average molecular weight is 250 g/mol. The van der Waals surface area contributed by atoms with Crippen LogP contribution in [0.1, 0.15) is 38.5 Å². The molecule has 0 aromatic carbocycles. The molecule has 0 aromatic rings. The minimum absolute atomic E-state index is 0.132. The third kappa shape index (κ3) is 2.79. The Labute approximate surface area is 110 Å². The molecule has 2 atom stereocenters. The van der Waals surface area contributed by atoms with Crippen molar-refractivity contribution in [3.8, 4) is 0 Å². The van der Waals surface area contributed by atoms with Crippen LogP contribution >= 0.6 is 0 Å². The van der Waals surface area contributed by atoms with Gasteiger partial charge < -0.3 is 5.11 Å². The predicted molar refractivity (Wildman–Crippen MR) is 73.6 cm³/mol. The third-order valence-corrected chi connectivity index (χ3v) is 4.76. The Morgan fingerprint density at radius 1 is 1.11 bits per heavy atom. The predicted octanol–water partition coefficient (Wildman–Crippen LogP) is 1.63. The number of nitrogens with zero attached hydrogens (tertiary/aromatic N) is 2. The van der Waals surface area contributed by atoms with Crippen molar-refractivity contribution in [3.63, 3.8) is 0 Å². The highest BCUT2D eigenvalue weighted by Crippen LogP contribution is 2.24. The number of rotatable bonds is 3. The second kappa shape index (κ2) is 5.72. The first kappa shape index (κ1) is 12.6. The molecule has 2 saturated heterocycles. The van der Waals surface area contributed by atoms with E-state index in [1.54, 1.807) is 5.57 Å². The average Bonchev–Trinajstić information content (AvgIpc) is 3.00. The molecule has 0 unspecified atom stereocenters. The van der Waals surface area contributed by atoms with E-state index in [1.165, 1.54) is 51.6 Å². The van der Waals surface area contributed by atoms with E-state index in [9.17, 15) is 5.11 Å². The molecule has 2 fully saturated rings.